The van der Waals surface area contributed by atoms with Crippen LogP contribution >= 0.6 is 11.9 Å². The molecule has 1 spiro atoms. The zero-order chi connectivity index (χ0) is 16.3. The lowest BCUT2D eigenvalue weighted by molar-refractivity contribution is 0.129. The molecule has 23 heavy (non-hydrogen) atoms. The summed E-state index contributed by atoms with van der Waals surface area (Å²) in [4.78, 5) is 2.64. The van der Waals surface area contributed by atoms with Crippen LogP contribution in [0.25, 0.3) is 0 Å². The third-order valence-electron chi connectivity index (χ3n) is 5.25. The van der Waals surface area contributed by atoms with E-state index in [1.54, 1.807) is 11.9 Å². The Kier molecular flexibility index (Phi) is 5.17. The highest BCUT2D eigenvalue weighted by molar-refractivity contribution is 7.99. The van der Waals surface area contributed by atoms with Crippen LogP contribution < -0.4 is 0 Å². The molecule has 1 aromatic rings. The van der Waals surface area contributed by atoms with E-state index < -0.39 is 0 Å². The van der Waals surface area contributed by atoms with E-state index in [2.05, 4.69) is 56.0 Å². The average Bonchev–Trinajstić information content (AvgIpc) is 2.52. The molecular formula is C20H30N2S. The molecule has 0 amide bonds. The Morgan fingerprint density at radius 2 is 1.78 bits per heavy atom. The third-order valence-corrected chi connectivity index (χ3v) is 6.11. The zero-order valence-electron chi connectivity index (χ0n) is 14.8. The molecule has 1 saturated carbocycles. The normalized spacial score (nSPS) is 23.2. The summed E-state index contributed by atoms with van der Waals surface area (Å²) in [6.45, 7) is 10.4. The van der Waals surface area contributed by atoms with Crippen LogP contribution in [0.1, 0.15) is 52.0 Å². The van der Waals surface area contributed by atoms with Crippen LogP contribution in [-0.4, -0.2) is 35.0 Å². The lowest BCUT2D eigenvalue weighted by atomic mass is 9.61. The molecule has 1 aromatic carbocycles. The fraction of sp³-hybridized carbons (Fsp3) is 0.650. The number of piperidine rings is 1. The van der Waals surface area contributed by atoms with Gasteiger partial charge in [0, 0.05) is 22.4 Å². The molecule has 0 aromatic heterocycles. The summed E-state index contributed by atoms with van der Waals surface area (Å²) in [6.07, 6.45) is 6.39. The van der Waals surface area contributed by atoms with Gasteiger partial charge in [-0.2, -0.15) is 0 Å². The molecule has 2 fully saturated rings. The average molecular weight is 331 g/mol. The molecular weight excluding hydrogens is 300 g/mol. The van der Waals surface area contributed by atoms with Gasteiger partial charge in [-0.05, 0) is 83.5 Å². The minimum Gasteiger partial charge on any atom is -0.303 e. The van der Waals surface area contributed by atoms with Crippen molar-refractivity contribution >= 4 is 17.7 Å². The maximum absolute atomic E-state index is 4.91. The first-order chi connectivity index (χ1) is 11.0. The SMILES string of the molecule is CC(C)(C)SN=C1CCC12CCN(CCc1ccccc1)CC2. The summed E-state index contributed by atoms with van der Waals surface area (Å²) in [5.41, 5.74) is 3.42. The van der Waals surface area contributed by atoms with Gasteiger partial charge in [-0.3, -0.25) is 0 Å². The topological polar surface area (TPSA) is 15.6 Å². The van der Waals surface area contributed by atoms with Crippen LogP contribution in [0.4, 0.5) is 0 Å². The van der Waals surface area contributed by atoms with E-state index in [4.69, 9.17) is 4.40 Å². The monoisotopic (exact) mass is 330 g/mol. The highest BCUT2D eigenvalue weighted by atomic mass is 32.2. The van der Waals surface area contributed by atoms with Crippen LogP contribution in [-0.2, 0) is 6.42 Å². The highest BCUT2D eigenvalue weighted by Crippen LogP contribution is 2.48. The predicted octanol–water partition coefficient (Wildman–Crippen LogP) is 4.99. The van der Waals surface area contributed by atoms with Gasteiger partial charge < -0.3 is 4.90 Å². The minimum absolute atomic E-state index is 0.236. The Bertz CT molecular complexity index is 537. The summed E-state index contributed by atoms with van der Waals surface area (Å²) < 4.78 is 5.15. The molecule has 1 heterocycles. The maximum Gasteiger partial charge on any atom is 0.0325 e. The number of hydrogen-bond donors (Lipinski definition) is 0. The Morgan fingerprint density at radius 1 is 1.09 bits per heavy atom. The van der Waals surface area contributed by atoms with Crippen molar-refractivity contribution < 1.29 is 0 Å². The maximum atomic E-state index is 4.91. The Labute approximate surface area is 145 Å². The smallest absolute Gasteiger partial charge is 0.0325 e. The molecule has 2 aliphatic rings. The Morgan fingerprint density at radius 3 is 2.35 bits per heavy atom. The second-order valence-electron chi connectivity index (χ2n) is 8.10. The van der Waals surface area contributed by atoms with Crippen molar-refractivity contribution in [3.63, 3.8) is 0 Å². The van der Waals surface area contributed by atoms with E-state index in [0.717, 1.165) is 0 Å². The van der Waals surface area contributed by atoms with Gasteiger partial charge in [0.25, 0.3) is 0 Å². The molecule has 0 N–H and O–H groups in total. The quantitative estimate of drug-likeness (QED) is 0.723. The van der Waals surface area contributed by atoms with E-state index in [9.17, 15) is 0 Å². The molecule has 2 nitrogen and oxygen atoms in total. The summed E-state index contributed by atoms with van der Waals surface area (Å²) in [7, 11) is 0. The number of hydrogen-bond acceptors (Lipinski definition) is 3. The largest absolute Gasteiger partial charge is 0.303 e. The molecule has 1 aliphatic heterocycles. The lowest BCUT2D eigenvalue weighted by Crippen LogP contribution is -2.50. The lowest BCUT2D eigenvalue weighted by Gasteiger charge is -2.49. The van der Waals surface area contributed by atoms with Crippen molar-refractivity contribution in [3.05, 3.63) is 35.9 Å². The van der Waals surface area contributed by atoms with E-state index in [1.165, 1.54) is 63.0 Å². The minimum atomic E-state index is 0.236. The molecule has 0 radical (unpaired) electrons. The van der Waals surface area contributed by atoms with Gasteiger partial charge in [-0.25, -0.2) is 4.40 Å². The predicted molar refractivity (Wildman–Crippen MR) is 102 cm³/mol. The Hall–Kier alpha value is -0.800. The van der Waals surface area contributed by atoms with Crippen LogP contribution in [0.5, 0.6) is 0 Å². The van der Waals surface area contributed by atoms with Gasteiger partial charge in [0.15, 0.2) is 0 Å². The van der Waals surface area contributed by atoms with Crippen LogP contribution in [0.2, 0.25) is 0 Å². The van der Waals surface area contributed by atoms with E-state index in [1.807, 2.05) is 0 Å². The first-order valence-electron chi connectivity index (χ1n) is 8.99. The standard InChI is InChI=1S/C20H30N2S/c1-19(2,3)23-21-18-9-11-20(18)12-15-22(16-13-20)14-10-17-7-5-4-6-8-17/h4-8H,9-16H2,1-3H3. The summed E-state index contributed by atoms with van der Waals surface area (Å²) >= 11 is 1.77. The molecule has 1 aliphatic carbocycles. The number of rotatable bonds is 4. The van der Waals surface area contributed by atoms with E-state index >= 15 is 0 Å². The second kappa shape index (κ2) is 6.98. The van der Waals surface area contributed by atoms with Gasteiger partial charge in [-0.1, -0.05) is 30.3 Å². The van der Waals surface area contributed by atoms with Gasteiger partial charge in [0.1, 0.15) is 0 Å². The Balaban J connectivity index is 1.48. The van der Waals surface area contributed by atoms with Crippen molar-refractivity contribution in [2.45, 2.75) is 57.6 Å². The number of likely N-dealkylation sites (tertiary alicyclic amines) is 1. The molecule has 3 heteroatoms. The zero-order valence-corrected chi connectivity index (χ0v) is 15.7. The third kappa shape index (κ3) is 4.39. The first kappa shape index (κ1) is 17.0. The summed E-state index contributed by atoms with van der Waals surface area (Å²) in [5.74, 6) is 0. The van der Waals surface area contributed by atoms with Gasteiger partial charge in [-0.15, -0.1) is 0 Å². The molecule has 0 unspecified atom stereocenters. The highest BCUT2D eigenvalue weighted by Gasteiger charge is 2.45. The molecule has 3 rings (SSSR count). The fourth-order valence-corrected chi connectivity index (χ4v) is 4.27. The van der Waals surface area contributed by atoms with Gasteiger partial charge in [0.2, 0.25) is 0 Å². The molecule has 126 valence electrons. The summed E-state index contributed by atoms with van der Waals surface area (Å²) in [6, 6.07) is 10.9. The van der Waals surface area contributed by atoms with Crippen molar-refractivity contribution in [3.8, 4) is 0 Å². The van der Waals surface area contributed by atoms with E-state index in [-0.39, 0.29) is 4.75 Å². The van der Waals surface area contributed by atoms with Crippen molar-refractivity contribution in [2.24, 2.45) is 9.81 Å². The van der Waals surface area contributed by atoms with Gasteiger partial charge in [0.05, 0.1) is 0 Å². The first-order valence-corrected chi connectivity index (χ1v) is 9.76. The van der Waals surface area contributed by atoms with Crippen molar-refractivity contribution in [2.75, 3.05) is 19.6 Å². The molecule has 1 saturated heterocycles. The molecule has 0 bridgehead atoms. The van der Waals surface area contributed by atoms with Crippen LogP contribution in [0, 0.1) is 5.41 Å². The van der Waals surface area contributed by atoms with Gasteiger partial charge >= 0.3 is 0 Å². The van der Waals surface area contributed by atoms with E-state index in [0.29, 0.717) is 5.41 Å². The number of nitrogens with zero attached hydrogens (tertiary/aromatic N) is 2. The van der Waals surface area contributed by atoms with Crippen LogP contribution in [0.15, 0.2) is 34.7 Å². The van der Waals surface area contributed by atoms with Crippen LogP contribution in [0.3, 0.4) is 0 Å². The van der Waals surface area contributed by atoms with Crippen molar-refractivity contribution in [1.82, 2.24) is 4.90 Å². The summed E-state index contributed by atoms with van der Waals surface area (Å²) in [5, 5.41) is 0. The second-order valence-corrected chi connectivity index (χ2v) is 9.69. The molecule has 0 atom stereocenters. The fourth-order valence-electron chi connectivity index (χ4n) is 3.60. The number of benzene rings is 1. The van der Waals surface area contributed by atoms with Crippen molar-refractivity contribution in [1.29, 1.82) is 0 Å².